The van der Waals surface area contributed by atoms with Crippen molar-refractivity contribution >= 4 is 39.1 Å². The number of hydrogen-bond acceptors (Lipinski definition) is 6. The fourth-order valence-corrected chi connectivity index (χ4v) is 10.6. The maximum atomic E-state index is 14.4. The van der Waals surface area contributed by atoms with E-state index >= 15 is 0 Å². The molecule has 9 nitrogen and oxygen atoms in total. The summed E-state index contributed by atoms with van der Waals surface area (Å²) in [6.45, 7) is 7.36. The highest BCUT2D eigenvalue weighted by Crippen LogP contribution is 2.47. The van der Waals surface area contributed by atoms with E-state index in [2.05, 4.69) is 45.2 Å². The minimum Gasteiger partial charge on any atom is -0.490 e. The van der Waals surface area contributed by atoms with E-state index in [-0.39, 0.29) is 23.2 Å². The molecule has 2 aliphatic carbocycles. The van der Waals surface area contributed by atoms with Gasteiger partial charge in [0, 0.05) is 49.3 Å². The summed E-state index contributed by atoms with van der Waals surface area (Å²) in [6.07, 6.45) is 11.0. The zero-order valence-corrected chi connectivity index (χ0v) is 30.4. The molecule has 0 radical (unpaired) electrons. The number of carbonyl (C=O) groups excluding carboxylic acids is 2. The summed E-state index contributed by atoms with van der Waals surface area (Å²) in [5.41, 5.74) is 3.49. The third-order valence-electron chi connectivity index (χ3n) is 11.6. The highest BCUT2D eigenvalue weighted by Gasteiger charge is 2.44. The summed E-state index contributed by atoms with van der Waals surface area (Å²) in [7, 11) is -1.65. The lowest BCUT2D eigenvalue weighted by Crippen LogP contribution is -2.55. The monoisotopic (exact) mass is 708 g/mol. The highest BCUT2D eigenvalue weighted by molar-refractivity contribution is 7.92. The number of fused-ring (bicyclic) bond motifs is 4. The predicted octanol–water partition coefficient (Wildman–Crippen LogP) is 7.02. The molecule has 0 aromatic heterocycles. The van der Waals surface area contributed by atoms with Crippen molar-refractivity contribution in [3.63, 3.8) is 0 Å². The molecule has 3 amide bonds. The second-order valence-electron chi connectivity index (χ2n) is 15.0. The quantitative estimate of drug-likeness (QED) is 0.344. The van der Waals surface area contributed by atoms with Crippen molar-refractivity contribution < 1.29 is 23.3 Å². The molecule has 5 aliphatic rings. The molecule has 6 atom stereocenters. The normalized spacial score (nSPS) is 32.4. The van der Waals surface area contributed by atoms with E-state index in [1.807, 2.05) is 25.1 Å². The zero-order valence-electron chi connectivity index (χ0n) is 28.9. The lowest BCUT2D eigenvalue weighted by atomic mass is 9.68. The van der Waals surface area contributed by atoms with Crippen LogP contribution < -0.4 is 14.4 Å². The van der Waals surface area contributed by atoms with Gasteiger partial charge in [0.15, 0.2) is 0 Å². The number of amides is 3. The Kier molecular flexibility index (Phi) is 9.76. The van der Waals surface area contributed by atoms with Gasteiger partial charge < -0.3 is 19.3 Å². The Morgan fingerprint density at radius 1 is 1.18 bits per heavy atom. The van der Waals surface area contributed by atoms with Gasteiger partial charge in [0.1, 0.15) is 15.7 Å². The molecule has 11 heteroatoms. The molecule has 49 heavy (non-hydrogen) atoms. The summed E-state index contributed by atoms with van der Waals surface area (Å²) in [6, 6.07) is 11.2. The van der Waals surface area contributed by atoms with Gasteiger partial charge in [-0.05, 0) is 110 Å². The number of nitrogens with one attached hydrogen (secondary N) is 1. The molecule has 1 unspecified atom stereocenters. The van der Waals surface area contributed by atoms with Gasteiger partial charge in [0.25, 0.3) is 5.91 Å². The van der Waals surface area contributed by atoms with Gasteiger partial charge in [0.2, 0.25) is 0 Å². The number of hydrogen-bond donors (Lipinski definition) is 1. The number of likely N-dealkylation sites (tertiary alicyclic amines) is 1. The lowest BCUT2D eigenvalue weighted by Gasteiger charge is -2.46. The van der Waals surface area contributed by atoms with E-state index in [0.717, 1.165) is 68.1 Å². The second kappa shape index (κ2) is 13.9. The summed E-state index contributed by atoms with van der Waals surface area (Å²) in [5, 5.41) is 0.749. The van der Waals surface area contributed by atoms with E-state index in [9.17, 15) is 13.8 Å². The largest absolute Gasteiger partial charge is 0.490 e. The fourth-order valence-electron chi connectivity index (χ4n) is 8.56. The fraction of sp³-hybridized carbons (Fsp3) is 0.579. The second-order valence-corrected chi connectivity index (χ2v) is 17.5. The van der Waals surface area contributed by atoms with Crippen molar-refractivity contribution in [2.24, 2.45) is 28.0 Å². The average Bonchev–Trinajstić information content (AvgIpc) is 3.18. The predicted molar refractivity (Wildman–Crippen MR) is 194 cm³/mol. The van der Waals surface area contributed by atoms with Gasteiger partial charge in [0.05, 0.1) is 24.2 Å². The molecule has 2 aromatic carbocycles. The van der Waals surface area contributed by atoms with Gasteiger partial charge in [-0.15, -0.1) is 4.36 Å². The van der Waals surface area contributed by atoms with Crippen LogP contribution in [-0.4, -0.2) is 72.8 Å². The van der Waals surface area contributed by atoms with E-state index in [0.29, 0.717) is 49.4 Å². The number of rotatable bonds is 3. The number of nitrogens with zero attached hydrogens (tertiary/aromatic N) is 3. The molecule has 1 saturated heterocycles. The van der Waals surface area contributed by atoms with Crippen LogP contribution in [0.5, 0.6) is 5.75 Å². The first-order chi connectivity index (χ1) is 23.6. The van der Waals surface area contributed by atoms with Crippen LogP contribution in [0.3, 0.4) is 0 Å². The third-order valence-corrected chi connectivity index (χ3v) is 13.8. The van der Waals surface area contributed by atoms with Gasteiger partial charge in [-0.25, -0.2) is 9.00 Å². The Morgan fingerprint density at radius 3 is 2.78 bits per heavy atom. The maximum Gasteiger partial charge on any atom is 0.329 e. The molecule has 1 spiro atoms. The number of benzene rings is 2. The highest BCUT2D eigenvalue weighted by atomic mass is 35.5. The van der Waals surface area contributed by atoms with Crippen LogP contribution in [0.25, 0.3) is 0 Å². The number of allylic oxidation sites excluding steroid dienone is 1. The smallest absolute Gasteiger partial charge is 0.329 e. The Morgan fingerprint density at radius 2 is 2.02 bits per heavy atom. The van der Waals surface area contributed by atoms with Crippen molar-refractivity contribution in [1.82, 2.24) is 9.62 Å². The molecule has 1 N–H and O–H groups in total. The van der Waals surface area contributed by atoms with E-state index in [4.69, 9.17) is 21.1 Å². The van der Waals surface area contributed by atoms with E-state index < -0.39 is 21.9 Å². The first kappa shape index (κ1) is 34.4. The molecule has 2 bridgehead atoms. The Bertz CT molecular complexity index is 1750. The van der Waals surface area contributed by atoms with E-state index in [1.165, 1.54) is 11.1 Å². The van der Waals surface area contributed by atoms with Gasteiger partial charge in [-0.2, -0.15) is 0 Å². The van der Waals surface area contributed by atoms with Crippen molar-refractivity contribution in [3.05, 3.63) is 70.3 Å². The Balaban J connectivity index is 1.28. The molecular formula is C38H49ClN4O5S. The van der Waals surface area contributed by atoms with Crippen LogP contribution in [0.2, 0.25) is 5.02 Å². The number of ether oxygens (including phenoxy) is 2. The summed E-state index contributed by atoms with van der Waals surface area (Å²) in [5.74, 6) is 1.30. The maximum absolute atomic E-state index is 14.4. The summed E-state index contributed by atoms with van der Waals surface area (Å²) >= 11 is 6.45. The zero-order chi connectivity index (χ0) is 34.3. The third kappa shape index (κ3) is 6.97. The molecule has 1 saturated carbocycles. The first-order valence-corrected chi connectivity index (χ1v) is 20.0. The average molecular weight is 709 g/mol. The Hall–Kier alpha value is -3.08. The number of urea groups is 1. The number of anilines is 1. The Labute approximate surface area is 296 Å². The number of halogens is 1. The van der Waals surface area contributed by atoms with Crippen LogP contribution in [0.1, 0.15) is 73.9 Å². The van der Waals surface area contributed by atoms with Crippen molar-refractivity contribution in [2.75, 3.05) is 50.5 Å². The minimum absolute atomic E-state index is 0.0346. The lowest BCUT2D eigenvalue weighted by molar-refractivity contribution is 0.0131. The number of carbonyl (C=O) groups is 2. The molecule has 3 heterocycles. The van der Waals surface area contributed by atoms with Crippen LogP contribution in [0, 0.1) is 23.7 Å². The number of methoxy groups -OCH3 is 1. The van der Waals surface area contributed by atoms with Gasteiger partial charge >= 0.3 is 6.03 Å². The number of aryl methyl sites for hydroxylation is 1. The van der Waals surface area contributed by atoms with Crippen molar-refractivity contribution in [1.29, 1.82) is 0 Å². The molecule has 2 fully saturated rings. The van der Waals surface area contributed by atoms with Crippen LogP contribution in [0.4, 0.5) is 10.5 Å². The first-order valence-electron chi connectivity index (χ1n) is 17.9. The molecule has 3 aliphatic heterocycles. The molecule has 264 valence electrons. The molecule has 7 rings (SSSR count). The van der Waals surface area contributed by atoms with Crippen LogP contribution >= 0.6 is 11.6 Å². The van der Waals surface area contributed by atoms with Crippen molar-refractivity contribution in [3.8, 4) is 5.75 Å². The summed E-state index contributed by atoms with van der Waals surface area (Å²) in [4.78, 5) is 31.2. The summed E-state index contributed by atoms with van der Waals surface area (Å²) < 4.78 is 34.1. The van der Waals surface area contributed by atoms with E-state index in [1.54, 1.807) is 18.1 Å². The van der Waals surface area contributed by atoms with Crippen LogP contribution in [0.15, 0.2) is 52.9 Å². The van der Waals surface area contributed by atoms with Crippen LogP contribution in [-0.2, 0) is 26.5 Å². The topological polar surface area (TPSA) is 101 Å². The minimum atomic E-state index is -3.42. The van der Waals surface area contributed by atoms with Gasteiger partial charge in [-0.3, -0.25) is 9.52 Å². The SMILES string of the molecule is CCC1CN(C(=O)NS2(=O)=NC(=O)c3ccc4c(c3)N(C[C@@H]3CC[C@H]3[C@@H](OC)/C=C/C[C@H](C)C2)C[C@@]2(CCCc3cc(Cl)ccc32)CO4)C1. The standard InChI is InChI=1S/C38H49ClN4O5S/c1-4-26-19-42(20-26)37(45)41-49(46)22-25(2)7-5-9-34(47-3)31-13-10-29(31)21-43-23-38(16-6-8-27-17-30(39)12-14-32(27)38)24-48-35-15-11-28(18-33(35)43)36(44)40-49/h5,9,11-12,14-15,17-18,25-26,29,31,34H,4,6-8,10,13,16,19-24H2,1-3H3,(H,40,41,44,45,46)/b9-5+/t25-,29-,31+,34-,38-,49?/m0/s1. The molecular weight excluding hydrogens is 660 g/mol. The molecule has 2 aromatic rings. The van der Waals surface area contributed by atoms with Crippen molar-refractivity contribution in [2.45, 2.75) is 70.3 Å². The van der Waals surface area contributed by atoms with Gasteiger partial charge in [-0.1, -0.05) is 43.7 Å².